The number of hydrogen-bond acceptors (Lipinski definition) is 2. The Bertz CT molecular complexity index is 484. The topological polar surface area (TPSA) is 54.4 Å². The molecule has 0 aliphatic heterocycles. The summed E-state index contributed by atoms with van der Waals surface area (Å²) in [5.41, 5.74) is -1.01. The van der Waals surface area contributed by atoms with Crippen LogP contribution in [0.25, 0.3) is 0 Å². The van der Waals surface area contributed by atoms with Crippen LogP contribution in [0.5, 0.6) is 0 Å². The van der Waals surface area contributed by atoms with Crippen molar-refractivity contribution >= 4 is 10.1 Å². The van der Waals surface area contributed by atoms with Crippen LogP contribution in [0.1, 0.15) is 68.7 Å². The highest BCUT2D eigenvalue weighted by Gasteiger charge is 2.69. The Kier molecular flexibility index (Phi) is 3.36. The lowest BCUT2D eigenvalue weighted by Gasteiger charge is -2.68. The number of hydrogen-bond donors (Lipinski definition) is 1. The lowest BCUT2D eigenvalue weighted by molar-refractivity contribution is -0.163. The fraction of sp³-hybridized carbons (Fsp3) is 1.00. The van der Waals surface area contributed by atoms with Gasteiger partial charge in [0.1, 0.15) is 4.75 Å². The van der Waals surface area contributed by atoms with Crippen molar-refractivity contribution < 1.29 is 13.0 Å². The van der Waals surface area contributed by atoms with Crippen LogP contribution in [0.15, 0.2) is 0 Å². The van der Waals surface area contributed by atoms with Gasteiger partial charge in [0.05, 0.1) is 0 Å². The molecule has 0 spiro atoms. The van der Waals surface area contributed by atoms with Gasteiger partial charge in [0.2, 0.25) is 0 Å². The average Bonchev–Trinajstić information content (AvgIpc) is 2.12. The molecule has 0 amide bonds. The SMILES string of the molecule is CC1(C)CC(C)(S(=O)(=O)O)C(C)(C)C(C)(C)C1(C)C. The van der Waals surface area contributed by atoms with Crippen LogP contribution in [0.2, 0.25) is 0 Å². The van der Waals surface area contributed by atoms with Crippen molar-refractivity contribution in [2.45, 2.75) is 73.5 Å². The predicted molar refractivity (Wildman–Crippen MR) is 79.7 cm³/mol. The van der Waals surface area contributed by atoms with Gasteiger partial charge in [0.15, 0.2) is 0 Å². The molecule has 19 heavy (non-hydrogen) atoms. The maximum atomic E-state index is 12.1. The quantitative estimate of drug-likeness (QED) is 0.738. The largest absolute Gasteiger partial charge is 0.285 e. The molecule has 0 radical (unpaired) electrons. The average molecular weight is 290 g/mol. The van der Waals surface area contributed by atoms with Gasteiger partial charge < -0.3 is 0 Å². The summed E-state index contributed by atoms with van der Waals surface area (Å²) in [6.07, 6.45) is 0.461. The summed E-state index contributed by atoms with van der Waals surface area (Å²) in [5, 5.41) is 0. The molecule has 0 aromatic rings. The monoisotopic (exact) mass is 290 g/mol. The Morgan fingerprint density at radius 3 is 1.42 bits per heavy atom. The first-order chi connectivity index (χ1) is 7.96. The van der Waals surface area contributed by atoms with E-state index in [9.17, 15) is 13.0 Å². The second kappa shape index (κ2) is 3.76. The molecule has 1 aliphatic rings. The van der Waals surface area contributed by atoms with Crippen LogP contribution >= 0.6 is 0 Å². The Morgan fingerprint density at radius 2 is 1.11 bits per heavy atom. The van der Waals surface area contributed by atoms with Crippen LogP contribution in [-0.4, -0.2) is 17.7 Å². The highest BCUT2D eigenvalue weighted by atomic mass is 32.2. The molecular formula is C15H30O3S. The minimum absolute atomic E-state index is 0.0479. The maximum Gasteiger partial charge on any atom is 0.270 e. The molecule has 0 aromatic heterocycles. The third kappa shape index (κ3) is 1.75. The van der Waals surface area contributed by atoms with Gasteiger partial charge in [-0.25, -0.2) is 0 Å². The second-order valence-corrected chi connectivity index (χ2v) is 10.5. The maximum absolute atomic E-state index is 12.1. The first-order valence-electron chi connectivity index (χ1n) is 6.93. The van der Waals surface area contributed by atoms with Gasteiger partial charge >= 0.3 is 0 Å². The van der Waals surface area contributed by atoms with E-state index in [0.29, 0.717) is 6.42 Å². The summed E-state index contributed by atoms with van der Waals surface area (Å²) in [7, 11) is -4.13. The van der Waals surface area contributed by atoms with Gasteiger partial charge in [-0.1, -0.05) is 55.4 Å². The fourth-order valence-corrected chi connectivity index (χ4v) is 5.43. The molecule has 1 unspecified atom stereocenters. The third-order valence-electron chi connectivity index (χ3n) is 7.49. The highest BCUT2D eigenvalue weighted by molar-refractivity contribution is 7.87. The summed E-state index contributed by atoms with van der Waals surface area (Å²) < 4.78 is 32.8. The molecule has 1 saturated carbocycles. The summed E-state index contributed by atoms with van der Waals surface area (Å²) in [6, 6.07) is 0. The second-order valence-electron chi connectivity index (χ2n) is 8.64. The first-order valence-corrected chi connectivity index (χ1v) is 8.37. The molecule has 3 nitrogen and oxygen atoms in total. The van der Waals surface area contributed by atoms with Crippen molar-refractivity contribution in [1.29, 1.82) is 0 Å². The van der Waals surface area contributed by atoms with E-state index >= 15 is 0 Å². The first kappa shape index (κ1) is 17.0. The van der Waals surface area contributed by atoms with E-state index in [0.717, 1.165) is 0 Å². The van der Waals surface area contributed by atoms with Gasteiger partial charge in [-0.15, -0.1) is 0 Å². The molecule has 0 heterocycles. The predicted octanol–water partition coefficient (Wildman–Crippen LogP) is 4.14. The molecule has 0 aromatic carbocycles. The minimum Gasteiger partial charge on any atom is -0.285 e. The molecule has 1 N–H and O–H groups in total. The van der Waals surface area contributed by atoms with Gasteiger partial charge in [-0.05, 0) is 35.0 Å². The third-order valence-corrected chi connectivity index (χ3v) is 9.28. The Morgan fingerprint density at radius 1 is 0.737 bits per heavy atom. The molecule has 1 fully saturated rings. The van der Waals surface area contributed by atoms with E-state index in [4.69, 9.17) is 0 Å². The van der Waals surface area contributed by atoms with Crippen LogP contribution in [0.3, 0.4) is 0 Å². The zero-order valence-electron chi connectivity index (χ0n) is 13.9. The molecule has 4 heteroatoms. The van der Waals surface area contributed by atoms with Gasteiger partial charge in [-0.3, -0.25) is 4.55 Å². The van der Waals surface area contributed by atoms with E-state index in [-0.39, 0.29) is 16.2 Å². The highest BCUT2D eigenvalue weighted by Crippen LogP contribution is 2.70. The zero-order valence-corrected chi connectivity index (χ0v) is 14.7. The lowest BCUT2D eigenvalue weighted by Crippen LogP contribution is -2.68. The number of rotatable bonds is 1. The van der Waals surface area contributed by atoms with Crippen molar-refractivity contribution in [3.05, 3.63) is 0 Å². The van der Waals surface area contributed by atoms with E-state index in [1.807, 2.05) is 13.8 Å². The Balaban J connectivity index is 3.70. The van der Waals surface area contributed by atoms with Crippen molar-refractivity contribution in [3.63, 3.8) is 0 Å². The van der Waals surface area contributed by atoms with Crippen molar-refractivity contribution in [2.75, 3.05) is 0 Å². The molecule has 1 atom stereocenters. The summed E-state index contributed by atoms with van der Waals surface area (Å²) in [5.74, 6) is 0. The summed E-state index contributed by atoms with van der Waals surface area (Å²) in [4.78, 5) is 0. The Hall–Kier alpha value is -0.0900. The lowest BCUT2D eigenvalue weighted by atomic mass is 9.38. The summed E-state index contributed by atoms with van der Waals surface area (Å²) in [6.45, 7) is 18.5. The van der Waals surface area contributed by atoms with Gasteiger partial charge in [0.25, 0.3) is 10.1 Å². The van der Waals surface area contributed by atoms with Gasteiger partial charge in [-0.2, -0.15) is 8.42 Å². The minimum atomic E-state index is -4.13. The van der Waals surface area contributed by atoms with E-state index in [1.54, 1.807) is 6.92 Å². The zero-order chi connectivity index (χ0) is 15.7. The van der Waals surface area contributed by atoms with Crippen molar-refractivity contribution in [1.82, 2.24) is 0 Å². The van der Waals surface area contributed by atoms with Crippen LogP contribution < -0.4 is 0 Å². The molecular weight excluding hydrogens is 260 g/mol. The van der Waals surface area contributed by atoms with E-state index < -0.39 is 20.3 Å². The Labute approximate surface area is 118 Å². The van der Waals surface area contributed by atoms with Crippen molar-refractivity contribution in [2.24, 2.45) is 21.7 Å². The van der Waals surface area contributed by atoms with Crippen molar-refractivity contribution in [3.8, 4) is 0 Å². The smallest absolute Gasteiger partial charge is 0.270 e. The molecule has 0 bridgehead atoms. The van der Waals surface area contributed by atoms with Gasteiger partial charge in [0, 0.05) is 0 Å². The van der Waals surface area contributed by atoms with Crippen LogP contribution in [-0.2, 0) is 10.1 Å². The standard InChI is InChI=1S/C15H30O3S/c1-11(2)10-15(9,19(16,17)18)14(7,8)13(5,6)12(11,3)4/h10H2,1-9H3,(H,16,17,18). The normalized spacial score (nSPS) is 35.9. The van der Waals surface area contributed by atoms with Crippen LogP contribution in [0, 0.1) is 21.7 Å². The fourth-order valence-electron chi connectivity index (χ4n) is 3.99. The molecule has 1 aliphatic carbocycles. The van der Waals surface area contributed by atoms with E-state index in [1.165, 1.54) is 0 Å². The van der Waals surface area contributed by atoms with E-state index in [2.05, 4.69) is 41.5 Å². The molecule has 0 saturated heterocycles. The van der Waals surface area contributed by atoms with Crippen LogP contribution in [0.4, 0.5) is 0 Å². The summed E-state index contributed by atoms with van der Waals surface area (Å²) >= 11 is 0. The molecule has 114 valence electrons. The molecule has 1 rings (SSSR count).